The molecule has 0 aliphatic heterocycles. The summed E-state index contributed by atoms with van der Waals surface area (Å²) in [6, 6.07) is 3.78. The Morgan fingerprint density at radius 1 is 1.33 bits per heavy atom. The molecule has 0 spiro atoms. The van der Waals surface area contributed by atoms with Gasteiger partial charge in [0.1, 0.15) is 0 Å². The molecule has 0 bridgehead atoms. The SMILES string of the molecule is CCC(C)CC(C)NC(=O)c1cc(S(=O)(=O)Cl)ccc1Cl. The predicted octanol–water partition coefficient (Wildman–Crippen LogP) is 3.82. The lowest BCUT2D eigenvalue weighted by molar-refractivity contribution is 0.0935. The quantitative estimate of drug-likeness (QED) is 0.792. The molecule has 0 aliphatic rings. The molecule has 4 nitrogen and oxygen atoms in total. The van der Waals surface area contributed by atoms with Crippen molar-refractivity contribution in [3.63, 3.8) is 0 Å². The Labute approximate surface area is 135 Å². The van der Waals surface area contributed by atoms with Gasteiger partial charge in [0.15, 0.2) is 0 Å². The van der Waals surface area contributed by atoms with E-state index in [1.165, 1.54) is 18.2 Å². The summed E-state index contributed by atoms with van der Waals surface area (Å²) in [5.41, 5.74) is 0.106. The highest BCUT2D eigenvalue weighted by Crippen LogP contribution is 2.23. The third kappa shape index (κ3) is 5.49. The summed E-state index contributed by atoms with van der Waals surface area (Å²) in [6.07, 6.45) is 1.87. The minimum absolute atomic E-state index is 0.0280. The molecule has 0 aromatic heterocycles. The lowest BCUT2D eigenvalue weighted by Gasteiger charge is -2.18. The van der Waals surface area contributed by atoms with Crippen LogP contribution in [0.1, 0.15) is 44.0 Å². The molecule has 1 rings (SSSR count). The first-order valence-corrected chi connectivity index (χ1v) is 9.39. The summed E-state index contributed by atoms with van der Waals surface area (Å²) in [7, 11) is 1.38. The van der Waals surface area contributed by atoms with E-state index in [4.69, 9.17) is 22.3 Å². The van der Waals surface area contributed by atoms with Crippen LogP contribution in [0.15, 0.2) is 23.1 Å². The van der Waals surface area contributed by atoms with Gasteiger partial charge in [-0.15, -0.1) is 0 Å². The van der Waals surface area contributed by atoms with Crippen LogP contribution in [0, 0.1) is 5.92 Å². The zero-order valence-electron chi connectivity index (χ0n) is 12.2. The fraction of sp³-hybridized carbons (Fsp3) is 0.500. The fourth-order valence-corrected chi connectivity index (χ4v) is 2.94. The Morgan fingerprint density at radius 2 is 1.95 bits per heavy atom. The summed E-state index contributed by atoms with van der Waals surface area (Å²) in [6.45, 7) is 6.10. The van der Waals surface area contributed by atoms with Crippen LogP contribution in [0.2, 0.25) is 5.02 Å². The average molecular weight is 352 g/mol. The van der Waals surface area contributed by atoms with E-state index in [0.29, 0.717) is 5.92 Å². The molecule has 0 radical (unpaired) electrons. The third-order valence-corrected chi connectivity index (χ3v) is 4.98. The first-order chi connectivity index (χ1) is 9.65. The summed E-state index contributed by atoms with van der Waals surface area (Å²) in [5, 5.41) is 3.01. The van der Waals surface area contributed by atoms with E-state index >= 15 is 0 Å². The monoisotopic (exact) mass is 351 g/mol. The van der Waals surface area contributed by atoms with Gasteiger partial charge in [0, 0.05) is 16.7 Å². The van der Waals surface area contributed by atoms with Gasteiger partial charge in [-0.2, -0.15) is 0 Å². The molecule has 118 valence electrons. The molecule has 1 aromatic carbocycles. The van der Waals surface area contributed by atoms with Crippen LogP contribution in [0.3, 0.4) is 0 Å². The van der Waals surface area contributed by atoms with Crippen molar-refractivity contribution in [3.8, 4) is 0 Å². The second-order valence-electron chi connectivity index (χ2n) is 5.20. The summed E-state index contributed by atoms with van der Waals surface area (Å²) >= 11 is 5.96. The Morgan fingerprint density at radius 3 is 2.48 bits per heavy atom. The van der Waals surface area contributed by atoms with Crippen LogP contribution < -0.4 is 5.32 Å². The largest absolute Gasteiger partial charge is 0.350 e. The summed E-state index contributed by atoms with van der Waals surface area (Å²) < 4.78 is 22.6. The van der Waals surface area contributed by atoms with Gasteiger partial charge in [0.25, 0.3) is 15.0 Å². The number of rotatable bonds is 6. The van der Waals surface area contributed by atoms with Gasteiger partial charge >= 0.3 is 0 Å². The highest BCUT2D eigenvalue weighted by Gasteiger charge is 2.18. The molecule has 0 heterocycles. The van der Waals surface area contributed by atoms with Crippen LogP contribution in [0.25, 0.3) is 0 Å². The standard InChI is InChI=1S/C14H19Cl2NO3S/c1-4-9(2)7-10(3)17-14(18)12-8-11(21(16,19)20)5-6-13(12)15/h5-6,8-10H,4,7H2,1-3H3,(H,17,18). The topological polar surface area (TPSA) is 63.2 Å². The zero-order valence-corrected chi connectivity index (χ0v) is 14.5. The lowest BCUT2D eigenvalue weighted by atomic mass is 10.00. The number of amides is 1. The maximum absolute atomic E-state index is 12.2. The molecular formula is C14H19Cl2NO3S. The normalized spacial score (nSPS) is 14.5. The minimum Gasteiger partial charge on any atom is -0.350 e. The van der Waals surface area contributed by atoms with E-state index in [1.807, 2.05) is 6.92 Å². The molecule has 0 aliphatic carbocycles. The number of hydrogen-bond donors (Lipinski definition) is 1. The highest BCUT2D eigenvalue weighted by atomic mass is 35.7. The lowest BCUT2D eigenvalue weighted by Crippen LogP contribution is -2.34. The van der Waals surface area contributed by atoms with Gasteiger partial charge in [0.05, 0.1) is 15.5 Å². The molecule has 2 atom stereocenters. The Kier molecular flexibility index (Phi) is 6.50. The van der Waals surface area contributed by atoms with E-state index in [1.54, 1.807) is 0 Å². The van der Waals surface area contributed by atoms with Crippen molar-refractivity contribution < 1.29 is 13.2 Å². The number of benzene rings is 1. The van der Waals surface area contributed by atoms with Crippen molar-refractivity contribution >= 4 is 37.2 Å². The fourth-order valence-electron chi connectivity index (χ4n) is 1.96. The van der Waals surface area contributed by atoms with Crippen molar-refractivity contribution in [3.05, 3.63) is 28.8 Å². The smallest absolute Gasteiger partial charge is 0.261 e. The third-order valence-electron chi connectivity index (χ3n) is 3.29. The molecule has 0 fully saturated rings. The van der Waals surface area contributed by atoms with Crippen molar-refractivity contribution in [2.45, 2.75) is 44.6 Å². The maximum Gasteiger partial charge on any atom is 0.261 e. The number of carbonyl (C=O) groups is 1. The van der Waals surface area contributed by atoms with Gasteiger partial charge in [-0.1, -0.05) is 31.9 Å². The maximum atomic E-state index is 12.2. The number of nitrogens with one attached hydrogen (secondary N) is 1. The Bertz CT molecular complexity index is 617. The van der Waals surface area contributed by atoms with E-state index in [9.17, 15) is 13.2 Å². The van der Waals surface area contributed by atoms with Gasteiger partial charge in [-0.25, -0.2) is 8.42 Å². The Balaban J connectivity index is 2.92. The second kappa shape index (κ2) is 7.47. The van der Waals surface area contributed by atoms with Crippen molar-refractivity contribution in [1.29, 1.82) is 0 Å². The zero-order chi connectivity index (χ0) is 16.2. The first-order valence-electron chi connectivity index (χ1n) is 6.70. The van der Waals surface area contributed by atoms with Crippen LogP contribution in [0.5, 0.6) is 0 Å². The molecule has 7 heteroatoms. The molecule has 21 heavy (non-hydrogen) atoms. The molecular weight excluding hydrogens is 333 g/mol. The van der Waals surface area contributed by atoms with Gasteiger partial charge in [0.2, 0.25) is 0 Å². The van der Waals surface area contributed by atoms with Crippen LogP contribution >= 0.6 is 22.3 Å². The molecule has 1 amide bonds. The predicted molar refractivity (Wildman–Crippen MR) is 85.5 cm³/mol. The number of halogens is 2. The van der Waals surface area contributed by atoms with Gasteiger partial charge in [-0.05, 0) is 37.5 Å². The molecule has 1 aromatic rings. The van der Waals surface area contributed by atoms with Crippen LogP contribution in [0.4, 0.5) is 0 Å². The number of hydrogen-bond acceptors (Lipinski definition) is 3. The van der Waals surface area contributed by atoms with E-state index in [0.717, 1.165) is 12.8 Å². The first kappa shape index (κ1) is 18.3. The van der Waals surface area contributed by atoms with E-state index in [-0.39, 0.29) is 21.5 Å². The highest BCUT2D eigenvalue weighted by molar-refractivity contribution is 8.13. The van der Waals surface area contributed by atoms with Crippen molar-refractivity contribution in [1.82, 2.24) is 5.32 Å². The van der Waals surface area contributed by atoms with E-state index in [2.05, 4.69) is 19.2 Å². The number of carbonyl (C=O) groups excluding carboxylic acids is 1. The second-order valence-corrected chi connectivity index (χ2v) is 8.18. The van der Waals surface area contributed by atoms with E-state index < -0.39 is 15.0 Å². The Hall–Kier alpha value is -0.780. The van der Waals surface area contributed by atoms with Crippen LogP contribution in [-0.4, -0.2) is 20.4 Å². The van der Waals surface area contributed by atoms with Crippen LogP contribution in [-0.2, 0) is 9.05 Å². The average Bonchev–Trinajstić information content (AvgIpc) is 2.37. The van der Waals surface area contributed by atoms with Gasteiger partial charge < -0.3 is 5.32 Å². The van der Waals surface area contributed by atoms with Crippen molar-refractivity contribution in [2.24, 2.45) is 5.92 Å². The molecule has 0 saturated carbocycles. The van der Waals surface area contributed by atoms with Crippen molar-refractivity contribution in [2.75, 3.05) is 0 Å². The van der Waals surface area contributed by atoms with Gasteiger partial charge in [-0.3, -0.25) is 4.79 Å². The minimum atomic E-state index is -3.89. The molecule has 2 unspecified atom stereocenters. The summed E-state index contributed by atoms with van der Waals surface area (Å²) in [5.74, 6) is 0.0864. The summed E-state index contributed by atoms with van der Waals surface area (Å²) in [4.78, 5) is 12.0. The molecule has 0 saturated heterocycles. The molecule has 1 N–H and O–H groups in total.